The molecule has 3 aromatic carbocycles. The highest BCUT2D eigenvalue weighted by molar-refractivity contribution is 5.94. The first kappa shape index (κ1) is 20.3. The summed E-state index contributed by atoms with van der Waals surface area (Å²) in [6.07, 6.45) is 0.836. The van der Waals surface area contributed by atoms with E-state index in [-0.39, 0.29) is 5.91 Å². The number of aryl methyl sites for hydroxylation is 1. The summed E-state index contributed by atoms with van der Waals surface area (Å²) in [6, 6.07) is 25.1. The van der Waals surface area contributed by atoms with Gasteiger partial charge in [0.25, 0.3) is 5.91 Å². The minimum atomic E-state index is -0.0998. The predicted octanol–water partition coefficient (Wildman–Crippen LogP) is 4.94. The molecule has 4 aromatic rings. The number of amides is 1. The van der Waals surface area contributed by atoms with Crippen LogP contribution in [-0.2, 0) is 0 Å². The van der Waals surface area contributed by atoms with Crippen molar-refractivity contribution in [2.24, 2.45) is 0 Å². The molecule has 0 unspecified atom stereocenters. The second-order valence-corrected chi connectivity index (χ2v) is 7.26. The number of nitrogens with zero attached hydrogens (tertiary/aromatic N) is 2. The zero-order valence-corrected chi connectivity index (χ0v) is 17.3. The highest BCUT2D eigenvalue weighted by atomic mass is 16.4. The average Bonchev–Trinajstić information content (AvgIpc) is 3.30. The molecule has 0 bridgehead atoms. The van der Waals surface area contributed by atoms with Gasteiger partial charge in [-0.3, -0.25) is 4.79 Å². The normalized spacial score (nSPS) is 10.6. The number of benzene rings is 3. The monoisotopic (exact) mass is 412 g/mol. The second-order valence-electron chi connectivity index (χ2n) is 7.26. The van der Waals surface area contributed by atoms with Crippen LogP contribution in [0.5, 0.6) is 0 Å². The Kier molecular flexibility index (Phi) is 6.38. The molecular formula is C25H24N4O2. The molecule has 0 saturated carbocycles. The largest absolute Gasteiger partial charge is 0.416 e. The van der Waals surface area contributed by atoms with E-state index in [9.17, 15) is 4.79 Å². The van der Waals surface area contributed by atoms with Gasteiger partial charge >= 0.3 is 0 Å². The van der Waals surface area contributed by atoms with Gasteiger partial charge in [-0.1, -0.05) is 35.9 Å². The Bertz CT molecular complexity index is 1140. The third-order valence-corrected chi connectivity index (χ3v) is 4.83. The lowest BCUT2D eigenvalue weighted by atomic mass is 10.1. The fourth-order valence-corrected chi connectivity index (χ4v) is 3.18. The maximum absolute atomic E-state index is 12.4. The van der Waals surface area contributed by atoms with Crippen molar-refractivity contribution in [1.82, 2.24) is 15.5 Å². The lowest BCUT2D eigenvalue weighted by molar-refractivity contribution is 0.0953. The maximum Gasteiger partial charge on any atom is 0.251 e. The molecule has 6 nitrogen and oxygen atoms in total. The molecule has 0 saturated heterocycles. The van der Waals surface area contributed by atoms with E-state index in [0.717, 1.165) is 35.3 Å². The van der Waals surface area contributed by atoms with E-state index in [1.165, 1.54) is 0 Å². The van der Waals surface area contributed by atoms with Crippen LogP contribution >= 0.6 is 0 Å². The molecule has 1 aromatic heterocycles. The number of aromatic nitrogens is 2. The fourth-order valence-electron chi connectivity index (χ4n) is 3.18. The summed E-state index contributed by atoms with van der Waals surface area (Å²) >= 11 is 0. The van der Waals surface area contributed by atoms with E-state index in [1.807, 2.05) is 73.7 Å². The smallest absolute Gasteiger partial charge is 0.251 e. The van der Waals surface area contributed by atoms with Gasteiger partial charge in [-0.05, 0) is 61.9 Å². The van der Waals surface area contributed by atoms with E-state index >= 15 is 0 Å². The number of hydrogen-bond acceptors (Lipinski definition) is 5. The summed E-state index contributed by atoms with van der Waals surface area (Å²) < 4.78 is 5.81. The molecule has 1 heterocycles. The lowest BCUT2D eigenvalue weighted by Crippen LogP contribution is -2.25. The summed E-state index contributed by atoms with van der Waals surface area (Å²) in [7, 11) is 0. The van der Waals surface area contributed by atoms with Crippen molar-refractivity contribution in [1.29, 1.82) is 0 Å². The Labute approximate surface area is 181 Å². The van der Waals surface area contributed by atoms with E-state index in [1.54, 1.807) is 12.1 Å². The molecule has 0 radical (unpaired) electrons. The highest BCUT2D eigenvalue weighted by Gasteiger charge is 2.12. The van der Waals surface area contributed by atoms with Gasteiger partial charge in [0, 0.05) is 35.5 Å². The van der Waals surface area contributed by atoms with E-state index in [0.29, 0.717) is 23.9 Å². The molecule has 0 aliphatic rings. The molecule has 0 aliphatic heterocycles. The Hall–Kier alpha value is -3.93. The van der Waals surface area contributed by atoms with Crippen LogP contribution < -0.4 is 10.6 Å². The Morgan fingerprint density at radius 3 is 2.32 bits per heavy atom. The Morgan fingerprint density at radius 2 is 1.58 bits per heavy atom. The van der Waals surface area contributed by atoms with Crippen LogP contribution in [0, 0.1) is 6.92 Å². The van der Waals surface area contributed by atoms with Gasteiger partial charge in [-0.15, -0.1) is 10.2 Å². The average molecular weight is 412 g/mol. The zero-order valence-electron chi connectivity index (χ0n) is 17.3. The van der Waals surface area contributed by atoms with Crippen LogP contribution in [0.2, 0.25) is 0 Å². The SMILES string of the molecule is Cc1cccc(-c2nnc(-c3ccc(C(=O)NCCCNc4ccccc4)cc3)o2)c1. The second kappa shape index (κ2) is 9.71. The summed E-state index contributed by atoms with van der Waals surface area (Å²) in [6.45, 7) is 3.41. The first-order chi connectivity index (χ1) is 15.2. The minimum absolute atomic E-state index is 0.0998. The molecule has 0 atom stereocenters. The van der Waals surface area contributed by atoms with E-state index in [4.69, 9.17) is 4.42 Å². The van der Waals surface area contributed by atoms with E-state index < -0.39 is 0 Å². The number of hydrogen-bond donors (Lipinski definition) is 2. The number of rotatable bonds is 8. The fraction of sp³-hybridized carbons (Fsp3) is 0.160. The van der Waals surface area contributed by atoms with Crippen LogP contribution in [-0.4, -0.2) is 29.2 Å². The van der Waals surface area contributed by atoms with Crippen LogP contribution in [0.25, 0.3) is 22.9 Å². The predicted molar refractivity (Wildman–Crippen MR) is 122 cm³/mol. The van der Waals surface area contributed by atoms with Crippen molar-refractivity contribution < 1.29 is 9.21 Å². The summed E-state index contributed by atoms with van der Waals surface area (Å²) in [5.41, 5.74) is 4.46. The quantitative estimate of drug-likeness (QED) is 0.401. The van der Waals surface area contributed by atoms with Crippen molar-refractivity contribution in [3.05, 3.63) is 90.0 Å². The van der Waals surface area contributed by atoms with Crippen molar-refractivity contribution in [2.75, 3.05) is 18.4 Å². The molecule has 156 valence electrons. The third kappa shape index (κ3) is 5.36. The standard InChI is InChI=1S/C25H24N4O2/c1-18-7-5-8-21(17-18)25-29-28-24(31-25)20-13-11-19(12-14-20)23(30)27-16-6-15-26-22-9-3-2-4-10-22/h2-5,7-14,17,26H,6,15-16H2,1H3,(H,27,30). The Balaban J connectivity index is 1.29. The number of para-hydroxylation sites is 1. The van der Waals surface area contributed by atoms with Crippen LogP contribution in [0.4, 0.5) is 5.69 Å². The van der Waals surface area contributed by atoms with E-state index in [2.05, 4.69) is 20.8 Å². The van der Waals surface area contributed by atoms with Crippen molar-refractivity contribution in [2.45, 2.75) is 13.3 Å². The number of carbonyl (C=O) groups excluding carboxylic acids is 1. The van der Waals surface area contributed by atoms with Gasteiger partial charge in [0.2, 0.25) is 11.8 Å². The van der Waals surface area contributed by atoms with Gasteiger partial charge < -0.3 is 15.1 Å². The van der Waals surface area contributed by atoms with Gasteiger partial charge in [-0.2, -0.15) is 0 Å². The minimum Gasteiger partial charge on any atom is -0.416 e. The molecule has 1 amide bonds. The highest BCUT2D eigenvalue weighted by Crippen LogP contribution is 2.24. The molecule has 2 N–H and O–H groups in total. The van der Waals surface area contributed by atoms with Gasteiger partial charge in [-0.25, -0.2) is 0 Å². The maximum atomic E-state index is 12.4. The molecular weight excluding hydrogens is 388 g/mol. The van der Waals surface area contributed by atoms with Crippen molar-refractivity contribution >= 4 is 11.6 Å². The van der Waals surface area contributed by atoms with Crippen molar-refractivity contribution in [3.63, 3.8) is 0 Å². The number of anilines is 1. The molecule has 6 heteroatoms. The lowest BCUT2D eigenvalue weighted by Gasteiger charge is -2.08. The van der Waals surface area contributed by atoms with Crippen LogP contribution in [0.1, 0.15) is 22.3 Å². The van der Waals surface area contributed by atoms with Gasteiger partial charge in [0.15, 0.2) is 0 Å². The Morgan fingerprint density at radius 1 is 0.839 bits per heavy atom. The molecule has 4 rings (SSSR count). The number of nitrogens with one attached hydrogen (secondary N) is 2. The summed E-state index contributed by atoms with van der Waals surface area (Å²) in [4.78, 5) is 12.4. The number of carbonyl (C=O) groups is 1. The van der Waals surface area contributed by atoms with Gasteiger partial charge in [0.1, 0.15) is 0 Å². The molecule has 0 fully saturated rings. The van der Waals surface area contributed by atoms with Gasteiger partial charge in [0.05, 0.1) is 0 Å². The first-order valence-corrected chi connectivity index (χ1v) is 10.3. The summed E-state index contributed by atoms with van der Waals surface area (Å²) in [5.74, 6) is 0.803. The molecule has 0 spiro atoms. The van der Waals surface area contributed by atoms with Crippen molar-refractivity contribution in [3.8, 4) is 22.9 Å². The topological polar surface area (TPSA) is 80.0 Å². The first-order valence-electron chi connectivity index (χ1n) is 10.3. The molecule has 31 heavy (non-hydrogen) atoms. The molecule has 0 aliphatic carbocycles. The zero-order chi connectivity index (χ0) is 21.5. The summed E-state index contributed by atoms with van der Waals surface area (Å²) in [5, 5.41) is 14.5. The van der Waals surface area contributed by atoms with Crippen LogP contribution in [0.3, 0.4) is 0 Å². The third-order valence-electron chi connectivity index (χ3n) is 4.83. The van der Waals surface area contributed by atoms with Crippen LogP contribution in [0.15, 0.2) is 83.3 Å².